The van der Waals surface area contributed by atoms with Crippen molar-refractivity contribution in [3.05, 3.63) is 64.1 Å². The first-order chi connectivity index (χ1) is 11.9. The highest BCUT2D eigenvalue weighted by Crippen LogP contribution is 2.24. The van der Waals surface area contributed by atoms with Crippen LogP contribution in [0.2, 0.25) is 10.0 Å². The van der Waals surface area contributed by atoms with E-state index in [2.05, 4.69) is 0 Å². The monoisotopic (exact) mass is 399 g/mol. The molecule has 0 aliphatic carbocycles. The van der Waals surface area contributed by atoms with Crippen molar-refractivity contribution in [2.75, 3.05) is 13.1 Å². The summed E-state index contributed by atoms with van der Waals surface area (Å²) in [5.74, 6) is 0. The number of sulfonamides is 1. The standard InChI is InChI=1S/C18H19Cl2NO3S/c19-15-6-8-18(9-7-15)25(22,23)21-10-2-5-17(12-21)24-13-14-3-1-4-16(20)11-14/h1,3-4,6-9,11,17H,2,5,10,12-13H2. The fourth-order valence-electron chi connectivity index (χ4n) is 2.86. The molecule has 25 heavy (non-hydrogen) atoms. The second-order valence-electron chi connectivity index (χ2n) is 6.02. The van der Waals surface area contributed by atoms with Gasteiger partial charge in [-0.15, -0.1) is 0 Å². The van der Waals surface area contributed by atoms with E-state index >= 15 is 0 Å². The first-order valence-corrected chi connectivity index (χ1v) is 10.3. The quantitative estimate of drug-likeness (QED) is 0.749. The van der Waals surface area contributed by atoms with Gasteiger partial charge in [0.15, 0.2) is 0 Å². The number of halogens is 2. The average Bonchev–Trinajstić information content (AvgIpc) is 2.61. The highest BCUT2D eigenvalue weighted by Gasteiger charge is 2.30. The van der Waals surface area contributed by atoms with Crippen LogP contribution in [-0.2, 0) is 21.4 Å². The molecular formula is C18H19Cl2NO3S. The van der Waals surface area contributed by atoms with Gasteiger partial charge < -0.3 is 4.74 Å². The topological polar surface area (TPSA) is 46.6 Å². The van der Waals surface area contributed by atoms with E-state index in [1.807, 2.05) is 24.3 Å². The maximum Gasteiger partial charge on any atom is 0.243 e. The average molecular weight is 400 g/mol. The first kappa shape index (κ1) is 18.7. The molecule has 0 spiro atoms. The molecule has 1 atom stereocenters. The summed E-state index contributed by atoms with van der Waals surface area (Å²) in [6, 6.07) is 13.7. The lowest BCUT2D eigenvalue weighted by Gasteiger charge is -2.32. The van der Waals surface area contributed by atoms with Crippen LogP contribution in [0.1, 0.15) is 18.4 Å². The first-order valence-electron chi connectivity index (χ1n) is 8.07. The van der Waals surface area contributed by atoms with Gasteiger partial charge in [0.1, 0.15) is 0 Å². The van der Waals surface area contributed by atoms with E-state index < -0.39 is 10.0 Å². The van der Waals surface area contributed by atoms with Crippen molar-refractivity contribution in [3.8, 4) is 0 Å². The van der Waals surface area contributed by atoms with Crippen molar-refractivity contribution < 1.29 is 13.2 Å². The van der Waals surface area contributed by atoms with Crippen LogP contribution in [0.3, 0.4) is 0 Å². The van der Waals surface area contributed by atoms with Crippen LogP contribution < -0.4 is 0 Å². The van der Waals surface area contributed by atoms with E-state index in [0.717, 1.165) is 18.4 Å². The molecule has 1 fully saturated rings. The summed E-state index contributed by atoms with van der Waals surface area (Å²) in [5.41, 5.74) is 0.977. The summed E-state index contributed by atoms with van der Waals surface area (Å²) in [4.78, 5) is 0.257. The second-order valence-corrected chi connectivity index (χ2v) is 8.83. The SMILES string of the molecule is O=S(=O)(c1ccc(Cl)cc1)N1CCCC(OCc2cccc(Cl)c2)C1. The predicted octanol–water partition coefficient (Wildman–Crippen LogP) is 4.36. The van der Waals surface area contributed by atoms with Gasteiger partial charge in [-0.1, -0.05) is 35.3 Å². The Balaban J connectivity index is 1.65. The number of nitrogens with zero attached hydrogens (tertiary/aromatic N) is 1. The Hall–Kier alpha value is -1.11. The molecule has 2 aromatic carbocycles. The van der Waals surface area contributed by atoms with Crippen LogP contribution >= 0.6 is 23.2 Å². The molecule has 0 aromatic heterocycles. The lowest BCUT2D eigenvalue weighted by molar-refractivity contribution is 0.00811. The van der Waals surface area contributed by atoms with Crippen molar-refractivity contribution in [1.82, 2.24) is 4.31 Å². The third kappa shape index (κ3) is 4.74. The summed E-state index contributed by atoms with van der Waals surface area (Å²) in [5, 5.41) is 1.18. The van der Waals surface area contributed by atoms with Crippen molar-refractivity contribution in [2.24, 2.45) is 0 Å². The number of hydrogen-bond donors (Lipinski definition) is 0. The van der Waals surface area contributed by atoms with E-state index in [9.17, 15) is 8.42 Å². The number of ether oxygens (including phenoxy) is 1. The minimum absolute atomic E-state index is 0.130. The number of piperidine rings is 1. The molecule has 134 valence electrons. The van der Waals surface area contributed by atoms with Crippen LogP contribution in [0, 0.1) is 0 Å². The molecule has 0 saturated carbocycles. The fourth-order valence-corrected chi connectivity index (χ4v) is 4.70. The molecule has 1 aliphatic heterocycles. The minimum atomic E-state index is -3.53. The summed E-state index contributed by atoms with van der Waals surface area (Å²) >= 11 is 11.8. The Morgan fingerprint density at radius 1 is 1.08 bits per heavy atom. The molecule has 2 aromatic rings. The van der Waals surface area contributed by atoms with Gasteiger partial charge in [-0.25, -0.2) is 8.42 Å². The Bertz CT molecular complexity index is 824. The lowest BCUT2D eigenvalue weighted by atomic mass is 10.1. The Labute approximate surface area is 158 Å². The molecule has 3 rings (SSSR count). The minimum Gasteiger partial charge on any atom is -0.372 e. The van der Waals surface area contributed by atoms with E-state index in [1.54, 1.807) is 12.1 Å². The van der Waals surface area contributed by atoms with E-state index in [0.29, 0.717) is 29.7 Å². The molecule has 1 saturated heterocycles. The Morgan fingerprint density at radius 3 is 2.56 bits per heavy atom. The Kier molecular flexibility index (Phi) is 6.02. The summed E-state index contributed by atoms with van der Waals surface area (Å²) < 4.78 is 33.0. The zero-order chi connectivity index (χ0) is 17.9. The van der Waals surface area contributed by atoms with Crippen molar-refractivity contribution in [3.63, 3.8) is 0 Å². The largest absolute Gasteiger partial charge is 0.372 e. The predicted molar refractivity (Wildman–Crippen MR) is 99.5 cm³/mol. The van der Waals surface area contributed by atoms with E-state index in [-0.39, 0.29) is 11.0 Å². The van der Waals surface area contributed by atoms with E-state index in [1.165, 1.54) is 16.4 Å². The van der Waals surface area contributed by atoms with Crippen molar-refractivity contribution >= 4 is 33.2 Å². The van der Waals surface area contributed by atoms with Gasteiger partial charge in [0.25, 0.3) is 0 Å². The van der Waals surface area contributed by atoms with Gasteiger partial charge in [0, 0.05) is 23.1 Å². The molecule has 7 heteroatoms. The number of hydrogen-bond acceptors (Lipinski definition) is 3. The van der Waals surface area contributed by atoms with Gasteiger partial charge in [0.2, 0.25) is 10.0 Å². The molecule has 0 bridgehead atoms. The van der Waals surface area contributed by atoms with Crippen molar-refractivity contribution in [1.29, 1.82) is 0 Å². The molecule has 4 nitrogen and oxygen atoms in total. The van der Waals surface area contributed by atoms with Gasteiger partial charge >= 0.3 is 0 Å². The van der Waals surface area contributed by atoms with Crippen LogP contribution in [0.4, 0.5) is 0 Å². The molecular weight excluding hydrogens is 381 g/mol. The van der Waals surface area contributed by atoms with Crippen molar-refractivity contribution in [2.45, 2.75) is 30.4 Å². The van der Waals surface area contributed by atoms with Crippen LogP contribution in [-0.4, -0.2) is 31.9 Å². The molecule has 1 unspecified atom stereocenters. The molecule has 0 N–H and O–H groups in total. The summed E-state index contributed by atoms with van der Waals surface area (Å²) in [6.07, 6.45) is 1.48. The van der Waals surface area contributed by atoms with Crippen LogP contribution in [0.15, 0.2) is 53.4 Å². The van der Waals surface area contributed by atoms with Gasteiger partial charge in [0.05, 0.1) is 17.6 Å². The molecule has 0 amide bonds. The molecule has 0 radical (unpaired) electrons. The fraction of sp³-hybridized carbons (Fsp3) is 0.333. The van der Waals surface area contributed by atoms with Gasteiger partial charge in [-0.05, 0) is 54.8 Å². The number of benzene rings is 2. The molecule has 1 aliphatic rings. The smallest absolute Gasteiger partial charge is 0.243 e. The zero-order valence-corrected chi connectivity index (χ0v) is 15.9. The maximum atomic E-state index is 12.8. The highest BCUT2D eigenvalue weighted by atomic mass is 35.5. The summed E-state index contributed by atoms with van der Waals surface area (Å²) in [7, 11) is -3.53. The normalized spacial score (nSPS) is 19.0. The third-order valence-corrected chi connectivity index (χ3v) is 6.53. The van der Waals surface area contributed by atoms with Gasteiger partial charge in [-0.2, -0.15) is 4.31 Å². The zero-order valence-electron chi connectivity index (χ0n) is 13.6. The van der Waals surface area contributed by atoms with Gasteiger partial charge in [-0.3, -0.25) is 0 Å². The third-order valence-electron chi connectivity index (χ3n) is 4.17. The maximum absolute atomic E-state index is 12.8. The molecule has 1 heterocycles. The lowest BCUT2D eigenvalue weighted by Crippen LogP contribution is -2.43. The number of rotatable bonds is 5. The highest BCUT2D eigenvalue weighted by molar-refractivity contribution is 7.89. The second kappa shape index (κ2) is 8.06. The Morgan fingerprint density at radius 2 is 1.84 bits per heavy atom. The van der Waals surface area contributed by atoms with Crippen LogP contribution in [0.5, 0.6) is 0 Å². The van der Waals surface area contributed by atoms with Crippen LogP contribution in [0.25, 0.3) is 0 Å². The summed E-state index contributed by atoms with van der Waals surface area (Å²) in [6.45, 7) is 1.27. The van der Waals surface area contributed by atoms with E-state index in [4.69, 9.17) is 27.9 Å².